The van der Waals surface area contributed by atoms with Gasteiger partial charge in [-0.25, -0.2) is 9.50 Å². The zero-order valence-corrected chi connectivity index (χ0v) is 25.8. The number of fused-ring (bicyclic) bond motifs is 1. The molecule has 1 aliphatic heterocycles. The van der Waals surface area contributed by atoms with Gasteiger partial charge < -0.3 is 19.6 Å². The van der Waals surface area contributed by atoms with Crippen LogP contribution in [-0.2, 0) is 11.8 Å². The van der Waals surface area contributed by atoms with Crippen molar-refractivity contribution in [1.29, 1.82) is 5.26 Å². The van der Waals surface area contributed by atoms with Crippen molar-refractivity contribution in [3.8, 4) is 34.1 Å². The van der Waals surface area contributed by atoms with Crippen LogP contribution in [0.4, 0.5) is 5.82 Å². The Balaban J connectivity index is 0.983. The second kappa shape index (κ2) is 12.1. The number of pyridine rings is 2. The van der Waals surface area contributed by atoms with Crippen molar-refractivity contribution in [1.82, 2.24) is 29.3 Å². The van der Waals surface area contributed by atoms with Crippen LogP contribution in [-0.4, -0.2) is 79.7 Å². The molecule has 4 aromatic heterocycles. The molecular formula is C35H34N8O3. The van der Waals surface area contributed by atoms with E-state index in [1.807, 2.05) is 66.9 Å². The maximum atomic E-state index is 13.0. The predicted molar refractivity (Wildman–Crippen MR) is 174 cm³/mol. The highest BCUT2D eigenvalue weighted by Gasteiger charge is 2.28. The van der Waals surface area contributed by atoms with Gasteiger partial charge in [-0.1, -0.05) is 17.7 Å². The fourth-order valence-electron chi connectivity index (χ4n) is 6.24. The lowest BCUT2D eigenvalue weighted by Crippen LogP contribution is -2.49. The number of aliphatic hydroxyl groups is 1. The fraction of sp³-hybridized carbons (Fsp3) is 0.286. The van der Waals surface area contributed by atoms with E-state index in [2.05, 4.69) is 27.2 Å². The van der Waals surface area contributed by atoms with Crippen LogP contribution < -0.4 is 9.64 Å². The summed E-state index contributed by atoms with van der Waals surface area (Å²) in [4.78, 5) is 21.8. The highest BCUT2D eigenvalue weighted by atomic mass is 16.5. The number of amides is 1. The van der Waals surface area contributed by atoms with Gasteiger partial charge in [0.1, 0.15) is 17.6 Å². The summed E-state index contributed by atoms with van der Waals surface area (Å²) in [6.07, 6.45) is 9.86. The maximum absolute atomic E-state index is 13.0. The summed E-state index contributed by atoms with van der Waals surface area (Å²) < 4.78 is 8.81. The van der Waals surface area contributed by atoms with Crippen molar-refractivity contribution in [3.63, 3.8) is 0 Å². The Morgan fingerprint density at radius 3 is 2.57 bits per heavy atom. The van der Waals surface area contributed by atoms with Crippen LogP contribution in [0.3, 0.4) is 0 Å². The first kappa shape index (κ1) is 29.3. The number of nitriles is 1. The third kappa shape index (κ3) is 5.82. The molecule has 7 rings (SSSR count). The summed E-state index contributed by atoms with van der Waals surface area (Å²) in [7, 11) is 3.53. The topological polar surface area (TPSA) is 125 Å². The van der Waals surface area contributed by atoms with Crippen molar-refractivity contribution in [3.05, 3.63) is 90.1 Å². The number of methoxy groups -OCH3 is 1. The van der Waals surface area contributed by atoms with Gasteiger partial charge in [0.25, 0.3) is 0 Å². The minimum Gasteiger partial charge on any atom is -0.497 e. The average Bonchev–Trinajstić information content (AvgIpc) is 3.49. The SMILES string of the molecule is COc1cccc(C2=C(CC(O)CC(=O)N3CCN(c4ccc(-c5cc(-c6cnn(C)c6)cn6ncc(C#N)c56)cn4)CC3)C2)c1. The smallest absolute Gasteiger partial charge is 0.225 e. The Bertz CT molecular complexity index is 1990. The van der Waals surface area contributed by atoms with Crippen molar-refractivity contribution < 1.29 is 14.6 Å². The first-order chi connectivity index (χ1) is 22.4. The number of carbonyl (C=O) groups excluding carboxylic acids is 1. The monoisotopic (exact) mass is 614 g/mol. The molecule has 1 fully saturated rings. The second-order valence-corrected chi connectivity index (χ2v) is 11.8. The molecular weight excluding hydrogens is 580 g/mol. The van der Waals surface area contributed by atoms with Gasteiger partial charge in [-0.05, 0) is 54.3 Å². The normalized spacial score (nSPS) is 15.3. The molecule has 1 atom stereocenters. The summed E-state index contributed by atoms with van der Waals surface area (Å²) in [6, 6.07) is 16.2. The van der Waals surface area contributed by atoms with Crippen LogP contribution in [0.2, 0.25) is 0 Å². The van der Waals surface area contributed by atoms with Gasteiger partial charge in [0.05, 0.1) is 43.1 Å². The minimum atomic E-state index is -0.696. The molecule has 232 valence electrons. The number of anilines is 1. The van der Waals surface area contributed by atoms with E-state index in [0.717, 1.165) is 51.3 Å². The molecule has 11 nitrogen and oxygen atoms in total. The van der Waals surface area contributed by atoms with Gasteiger partial charge >= 0.3 is 0 Å². The van der Waals surface area contributed by atoms with Gasteiger partial charge in [-0.3, -0.25) is 9.48 Å². The number of rotatable bonds is 9. The average molecular weight is 615 g/mol. The third-order valence-corrected chi connectivity index (χ3v) is 8.79. The molecule has 5 aromatic rings. The van der Waals surface area contributed by atoms with Crippen LogP contribution in [0.15, 0.2) is 79.0 Å². The van der Waals surface area contributed by atoms with Gasteiger partial charge in [0, 0.05) is 74.1 Å². The van der Waals surface area contributed by atoms with E-state index in [1.165, 1.54) is 11.1 Å². The van der Waals surface area contributed by atoms with Crippen LogP contribution in [0.1, 0.15) is 30.4 Å². The van der Waals surface area contributed by atoms with Crippen molar-refractivity contribution >= 4 is 22.8 Å². The van der Waals surface area contributed by atoms with Crippen molar-refractivity contribution in [2.24, 2.45) is 7.05 Å². The van der Waals surface area contributed by atoms with E-state index in [4.69, 9.17) is 9.72 Å². The van der Waals surface area contributed by atoms with Crippen LogP contribution in [0.5, 0.6) is 5.75 Å². The van der Waals surface area contributed by atoms with E-state index < -0.39 is 6.10 Å². The fourth-order valence-corrected chi connectivity index (χ4v) is 6.24. The number of benzene rings is 1. The lowest BCUT2D eigenvalue weighted by Gasteiger charge is -2.35. The number of aliphatic hydroxyl groups excluding tert-OH is 1. The number of nitrogens with zero attached hydrogens (tertiary/aromatic N) is 8. The molecule has 1 N–H and O–H groups in total. The maximum Gasteiger partial charge on any atom is 0.225 e. The Labute approximate surface area is 266 Å². The van der Waals surface area contributed by atoms with Crippen molar-refractivity contribution in [2.45, 2.75) is 25.4 Å². The molecule has 0 saturated carbocycles. The Kier molecular flexibility index (Phi) is 7.72. The summed E-state index contributed by atoms with van der Waals surface area (Å²) >= 11 is 0. The van der Waals surface area contributed by atoms with E-state index in [0.29, 0.717) is 38.2 Å². The van der Waals surface area contributed by atoms with Gasteiger partial charge in [-0.2, -0.15) is 15.5 Å². The van der Waals surface area contributed by atoms with Crippen LogP contribution >= 0.6 is 0 Å². The number of allylic oxidation sites excluding steroid dienone is 1. The molecule has 46 heavy (non-hydrogen) atoms. The molecule has 11 heteroatoms. The number of hydrogen-bond donors (Lipinski definition) is 1. The number of piperazine rings is 1. The second-order valence-electron chi connectivity index (χ2n) is 11.8. The molecule has 1 aliphatic carbocycles. The first-order valence-corrected chi connectivity index (χ1v) is 15.3. The Morgan fingerprint density at radius 1 is 1.00 bits per heavy atom. The van der Waals surface area contributed by atoms with Gasteiger partial charge in [-0.15, -0.1) is 0 Å². The Morgan fingerprint density at radius 2 is 1.85 bits per heavy atom. The van der Waals surface area contributed by atoms with Crippen LogP contribution in [0, 0.1) is 11.3 Å². The molecule has 5 heterocycles. The zero-order valence-electron chi connectivity index (χ0n) is 25.8. The number of aryl methyl sites for hydroxylation is 1. The van der Waals surface area contributed by atoms with E-state index in [9.17, 15) is 15.2 Å². The molecule has 2 aliphatic rings. The predicted octanol–water partition coefficient (Wildman–Crippen LogP) is 4.32. The molecule has 1 saturated heterocycles. The van der Waals surface area contributed by atoms with E-state index in [1.54, 1.807) is 28.7 Å². The molecule has 1 aromatic carbocycles. The standard InChI is InChI=1S/C35H34N8O3/c1-40-21-28(20-38-40)26-15-32(35-27(17-36)19-39-43(35)22-26)24-6-7-33(37-18-24)41-8-10-42(11-9-41)34(45)16-29(44)12-25-14-31(25)23-4-3-5-30(13-23)46-2/h3-7,13,15,18-22,29,44H,8-12,14,16H2,1-2H3. The van der Waals surface area contributed by atoms with E-state index >= 15 is 0 Å². The summed E-state index contributed by atoms with van der Waals surface area (Å²) in [5, 5.41) is 29.1. The van der Waals surface area contributed by atoms with E-state index in [-0.39, 0.29) is 12.3 Å². The zero-order chi connectivity index (χ0) is 31.8. The summed E-state index contributed by atoms with van der Waals surface area (Å²) in [5.74, 6) is 1.62. The molecule has 0 bridgehead atoms. The molecule has 0 spiro atoms. The minimum absolute atomic E-state index is 0.0220. The molecule has 1 amide bonds. The highest BCUT2D eigenvalue weighted by molar-refractivity contribution is 5.87. The number of hydrogen-bond acceptors (Lipinski definition) is 8. The van der Waals surface area contributed by atoms with Crippen LogP contribution in [0.25, 0.3) is 33.3 Å². The number of ether oxygens (including phenoxy) is 1. The Hall–Kier alpha value is -5.47. The van der Waals surface area contributed by atoms with Gasteiger partial charge in [0.15, 0.2) is 0 Å². The lowest BCUT2D eigenvalue weighted by molar-refractivity contribution is -0.133. The third-order valence-electron chi connectivity index (χ3n) is 8.79. The lowest BCUT2D eigenvalue weighted by atomic mass is 10.0. The first-order valence-electron chi connectivity index (χ1n) is 15.3. The highest BCUT2D eigenvalue weighted by Crippen LogP contribution is 2.43. The number of carbonyl (C=O) groups is 1. The van der Waals surface area contributed by atoms with Gasteiger partial charge in [0.2, 0.25) is 5.91 Å². The summed E-state index contributed by atoms with van der Waals surface area (Å²) in [5.41, 5.74) is 8.40. The molecule has 1 unspecified atom stereocenters. The van der Waals surface area contributed by atoms with Crippen molar-refractivity contribution in [2.75, 3.05) is 38.2 Å². The summed E-state index contributed by atoms with van der Waals surface area (Å²) in [6.45, 7) is 2.45. The number of aromatic nitrogens is 5. The largest absolute Gasteiger partial charge is 0.497 e. The quantitative estimate of drug-likeness (QED) is 0.260. The molecule has 0 radical (unpaired) electrons.